The highest BCUT2D eigenvalue weighted by Crippen LogP contribution is 2.37. The van der Waals surface area contributed by atoms with E-state index in [-0.39, 0.29) is 23.1 Å². The Hall–Kier alpha value is -0.370. The summed E-state index contributed by atoms with van der Waals surface area (Å²) in [6, 6.07) is 2.69. The van der Waals surface area contributed by atoms with Gasteiger partial charge in [-0.1, -0.05) is 27.5 Å². The minimum Gasteiger partial charge on any atom is -0.483 e. The van der Waals surface area contributed by atoms with Crippen LogP contribution in [0.3, 0.4) is 0 Å². The van der Waals surface area contributed by atoms with Crippen LogP contribution in [-0.2, 0) is 0 Å². The molecular weight excluding hydrogens is 381 g/mol. The number of ether oxygens (including phenoxy) is 1. The lowest BCUT2D eigenvalue weighted by atomic mass is 10.3. The van der Waals surface area contributed by atoms with Crippen molar-refractivity contribution in [1.82, 2.24) is 0 Å². The molecule has 0 aliphatic rings. The number of nitro groups is 1. The molecule has 94 valence electrons. The first-order valence-electron chi connectivity index (χ1n) is 4.46. The van der Waals surface area contributed by atoms with E-state index in [1.165, 1.54) is 12.1 Å². The first kappa shape index (κ1) is 14.7. The maximum Gasteiger partial charge on any atom is 0.313 e. The fourth-order valence-corrected chi connectivity index (χ4v) is 2.14. The number of hydrogen-bond acceptors (Lipinski definition) is 4. The Kier molecular flexibility index (Phi) is 5.64. The van der Waals surface area contributed by atoms with E-state index in [2.05, 4.69) is 31.9 Å². The third kappa shape index (κ3) is 4.09. The monoisotopic (exact) mass is 387 g/mol. The number of benzene rings is 1. The summed E-state index contributed by atoms with van der Waals surface area (Å²) in [6.45, 7) is -0.0493. The lowest BCUT2D eigenvalue weighted by Gasteiger charge is -2.11. The Labute approximate surface area is 119 Å². The minimum atomic E-state index is -0.739. The molecule has 0 bridgehead atoms. The normalized spacial score (nSPS) is 12.2. The van der Waals surface area contributed by atoms with Gasteiger partial charge in [0.15, 0.2) is 0 Å². The molecule has 0 radical (unpaired) electrons. The van der Waals surface area contributed by atoms with Crippen molar-refractivity contribution in [2.75, 3.05) is 11.9 Å². The van der Waals surface area contributed by atoms with E-state index < -0.39 is 11.0 Å². The Morgan fingerprint density at radius 1 is 1.59 bits per heavy atom. The van der Waals surface area contributed by atoms with Crippen molar-refractivity contribution in [2.45, 2.75) is 6.10 Å². The third-order valence-electron chi connectivity index (χ3n) is 1.78. The number of nitro benzene ring substituents is 1. The second-order valence-electron chi connectivity index (χ2n) is 3.11. The van der Waals surface area contributed by atoms with Crippen LogP contribution in [0.1, 0.15) is 0 Å². The van der Waals surface area contributed by atoms with Gasteiger partial charge in [-0.25, -0.2) is 0 Å². The zero-order chi connectivity index (χ0) is 13.0. The van der Waals surface area contributed by atoms with Crippen LogP contribution in [-0.4, -0.2) is 28.1 Å². The Morgan fingerprint density at radius 3 is 2.76 bits per heavy atom. The highest BCUT2D eigenvalue weighted by Gasteiger charge is 2.20. The molecule has 0 spiro atoms. The molecule has 0 saturated carbocycles. The summed E-state index contributed by atoms with van der Waals surface area (Å²) < 4.78 is 5.58. The predicted molar refractivity (Wildman–Crippen MR) is 71.1 cm³/mol. The molecule has 0 aromatic heterocycles. The zero-order valence-electron chi connectivity index (χ0n) is 8.40. The average molecular weight is 389 g/mol. The molecule has 1 atom stereocenters. The molecule has 1 N–H and O–H groups in total. The number of aliphatic hydroxyl groups is 1. The number of alkyl halides is 1. The molecule has 8 heteroatoms. The second kappa shape index (κ2) is 6.53. The number of hydrogen-bond donors (Lipinski definition) is 1. The van der Waals surface area contributed by atoms with Crippen molar-refractivity contribution >= 4 is 49.1 Å². The largest absolute Gasteiger partial charge is 0.483 e. The Balaban J connectivity index is 3.00. The second-order valence-corrected chi connectivity index (χ2v) is 5.05. The fourth-order valence-electron chi connectivity index (χ4n) is 1.05. The van der Waals surface area contributed by atoms with Gasteiger partial charge in [-0.05, 0) is 22.0 Å². The highest BCUT2D eigenvalue weighted by molar-refractivity contribution is 9.10. The predicted octanol–water partition coefficient (Wildman–Crippen LogP) is 3.15. The molecule has 0 amide bonds. The van der Waals surface area contributed by atoms with E-state index in [4.69, 9.17) is 16.3 Å². The number of aliphatic hydroxyl groups excluding tert-OH is 1. The summed E-state index contributed by atoms with van der Waals surface area (Å²) >= 11 is 11.9. The number of nitrogens with zero attached hydrogens (tertiary/aromatic N) is 1. The van der Waals surface area contributed by atoms with E-state index in [1.54, 1.807) is 0 Å². The lowest BCUT2D eigenvalue weighted by Crippen LogP contribution is -2.19. The zero-order valence-corrected chi connectivity index (χ0v) is 12.3. The molecular formula is C9H8Br2ClNO4. The van der Waals surface area contributed by atoms with Gasteiger partial charge in [0.2, 0.25) is 5.75 Å². The summed E-state index contributed by atoms with van der Waals surface area (Å²) in [5.41, 5.74) is -0.244. The summed E-state index contributed by atoms with van der Waals surface area (Å²) in [7, 11) is 0. The molecule has 5 nitrogen and oxygen atoms in total. The van der Waals surface area contributed by atoms with Crippen molar-refractivity contribution < 1.29 is 14.8 Å². The van der Waals surface area contributed by atoms with Crippen LogP contribution < -0.4 is 4.74 Å². The van der Waals surface area contributed by atoms with E-state index >= 15 is 0 Å². The quantitative estimate of drug-likeness (QED) is 0.477. The maximum atomic E-state index is 10.8. The molecule has 0 aliphatic heterocycles. The van der Waals surface area contributed by atoms with Gasteiger partial charge in [-0.15, -0.1) is 0 Å². The average Bonchev–Trinajstić information content (AvgIpc) is 2.26. The smallest absolute Gasteiger partial charge is 0.313 e. The SMILES string of the molecule is O=[N+]([O-])c1cc(Cl)cc(Br)c1OCC(O)CBr. The third-order valence-corrected chi connectivity index (χ3v) is 3.34. The van der Waals surface area contributed by atoms with Gasteiger partial charge >= 0.3 is 5.69 Å². The number of halogens is 3. The topological polar surface area (TPSA) is 72.6 Å². The van der Waals surface area contributed by atoms with Crippen molar-refractivity contribution in [3.05, 3.63) is 31.7 Å². The molecule has 0 fully saturated rings. The van der Waals surface area contributed by atoms with Gasteiger partial charge < -0.3 is 9.84 Å². The highest BCUT2D eigenvalue weighted by atomic mass is 79.9. The first-order chi connectivity index (χ1) is 7.95. The summed E-state index contributed by atoms with van der Waals surface area (Å²) in [5, 5.41) is 20.7. The van der Waals surface area contributed by atoms with Crippen LogP contribution in [0.4, 0.5) is 5.69 Å². The first-order valence-corrected chi connectivity index (χ1v) is 6.75. The van der Waals surface area contributed by atoms with E-state index in [9.17, 15) is 15.2 Å². The van der Waals surface area contributed by atoms with Gasteiger partial charge in [-0.3, -0.25) is 10.1 Å². The molecule has 1 unspecified atom stereocenters. The summed E-state index contributed by atoms with van der Waals surface area (Å²) in [4.78, 5) is 10.2. The van der Waals surface area contributed by atoms with Gasteiger partial charge in [0.25, 0.3) is 0 Å². The van der Waals surface area contributed by atoms with Gasteiger partial charge in [-0.2, -0.15) is 0 Å². The molecule has 1 aromatic rings. The number of rotatable bonds is 5. The molecule has 0 saturated heterocycles. The maximum absolute atomic E-state index is 10.8. The standard InChI is InChI=1S/C9H8Br2ClNO4/c10-3-6(14)4-17-9-7(11)1-5(12)2-8(9)13(15)16/h1-2,6,14H,3-4H2. The van der Waals surface area contributed by atoms with Crippen molar-refractivity contribution in [2.24, 2.45) is 0 Å². The van der Waals surface area contributed by atoms with Gasteiger partial charge in [0.05, 0.1) is 15.5 Å². The van der Waals surface area contributed by atoms with Crippen molar-refractivity contribution in [1.29, 1.82) is 0 Å². The van der Waals surface area contributed by atoms with Crippen LogP contribution >= 0.6 is 43.5 Å². The van der Waals surface area contributed by atoms with Crippen LogP contribution in [0.5, 0.6) is 5.75 Å². The van der Waals surface area contributed by atoms with Gasteiger partial charge in [0.1, 0.15) is 6.61 Å². The summed E-state index contributed by atoms with van der Waals surface area (Å²) in [5.74, 6) is 0.0550. The Bertz CT molecular complexity index is 430. The van der Waals surface area contributed by atoms with Crippen molar-refractivity contribution in [3.63, 3.8) is 0 Å². The molecule has 1 aromatic carbocycles. The van der Waals surface area contributed by atoms with Crippen LogP contribution in [0.15, 0.2) is 16.6 Å². The molecule has 1 rings (SSSR count). The van der Waals surface area contributed by atoms with E-state index in [0.717, 1.165) is 0 Å². The molecule has 0 aliphatic carbocycles. The van der Waals surface area contributed by atoms with Crippen LogP contribution in [0, 0.1) is 10.1 Å². The molecule has 17 heavy (non-hydrogen) atoms. The van der Waals surface area contributed by atoms with E-state index in [0.29, 0.717) is 9.80 Å². The van der Waals surface area contributed by atoms with Crippen LogP contribution in [0.2, 0.25) is 5.02 Å². The molecule has 0 heterocycles. The van der Waals surface area contributed by atoms with Gasteiger partial charge in [0, 0.05) is 16.4 Å². The van der Waals surface area contributed by atoms with E-state index in [1.807, 2.05) is 0 Å². The fraction of sp³-hybridized carbons (Fsp3) is 0.333. The lowest BCUT2D eigenvalue weighted by molar-refractivity contribution is -0.386. The Morgan fingerprint density at radius 2 is 2.24 bits per heavy atom. The van der Waals surface area contributed by atoms with Crippen molar-refractivity contribution in [3.8, 4) is 5.75 Å². The summed E-state index contributed by atoms with van der Waals surface area (Å²) in [6.07, 6.45) is -0.739. The van der Waals surface area contributed by atoms with Crippen LogP contribution in [0.25, 0.3) is 0 Å². The minimum absolute atomic E-state index is 0.0493.